The zero-order chi connectivity index (χ0) is 17.4. The number of thiophene rings is 1. The van der Waals surface area contributed by atoms with Crippen molar-refractivity contribution in [1.82, 2.24) is 15.5 Å². The smallest absolute Gasteiger partial charge is 0.252 e. The zero-order valence-electron chi connectivity index (χ0n) is 14.0. The Bertz CT molecular complexity index is 622. The third kappa shape index (κ3) is 4.94. The van der Waals surface area contributed by atoms with E-state index in [0.29, 0.717) is 12.1 Å². The average molecular weight is 349 g/mol. The van der Waals surface area contributed by atoms with Crippen LogP contribution in [0, 0.1) is 0 Å². The van der Waals surface area contributed by atoms with E-state index in [2.05, 4.69) is 29.4 Å². The molecule has 0 aromatic carbocycles. The number of carbonyl (C=O) groups is 2. The minimum absolute atomic E-state index is 0.0217. The van der Waals surface area contributed by atoms with Crippen molar-refractivity contribution in [3.63, 3.8) is 0 Å². The number of likely N-dealkylation sites (N-methyl/N-ethyl adjacent to an activating group) is 1. The van der Waals surface area contributed by atoms with Crippen molar-refractivity contribution in [2.45, 2.75) is 19.9 Å². The van der Waals surface area contributed by atoms with Crippen LogP contribution < -0.4 is 10.6 Å². The number of amides is 2. The van der Waals surface area contributed by atoms with Crippen molar-refractivity contribution >= 4 is 23.2 Å². The average Bonchev–Trinajstić information content (AvgIpc) is 3.29. The molecule has 7 heteroatoms. The van der Waals surface area contributed by atoms with E-state index in [1.165, 1.54) is 11.3 Å². The number of furan rings is 1. The van der Waals surface area contributed by atoms with Crippen LogP contribution in [-0.2, 0) is 4.79 Å². The summed E-state index contributed by atoms with van der Waals surface area (Å²) in [5.74, 6) is 0.362. The van der Waals surface area contributed by atoms with Gasteiger partial charge in [-0.3, -0.25) is 14.5 Å². The second-order valence-corrected chi connectivity index (χ2v) is 6.03. The van der Waals surface area contributed by atoms with Crippen LogP contribution in [-0.4, -0.2) is 42.9 Å². The van der Waals surface area contributed by atoms with Gasteiger partial charge in [-0.25, -0.2) is 0 Å². The van der Waals surface area contributed by atoms with Crippen molar-refractivity contribution in [2.24, 2.45) is 0 Å². The fraction of sp³-hybridized carbons (Fsp3) is 0.412. The van der Waals surface area contributed by atoms with Crippen LogP contribution in [0.1, 0.15) is 36.0 Å². The van der Waals surface area contributed by atoms with Crippen molar-refractivity contribution in [2.75, 3.05) is 26.2 Å². The van der Waals surface area contributed by atoms with Crippen molar-refractivity contribution < 1.29 is 14.0 Å². The summed E-state index contributed by atoms with van der Waals surface area (Å²) in [7, 11) is 0. The molecule has 24 heavy (non-hydrogen) atoms. The summed E-state index contributed by atoms with van der Waals surface area (Å²) < 4.78 is 5.50. The second-order valence-electron chi connectivity index (χ2n) is 5.25. The molecule has 130 valence electrons. The van der Waals surface area contributed by atoms with Crippen LogP contribution in [0.2, 0.25) is 0 Å². The molecule has 2 aromatic heterocycles. The lowest BCUT2D eigenvalue weighted by Gasteiger charge is -2.28. The van der Waals surface area contributed by atoms with E-state index in [1.54, 1.807) is 17.7 Å². The van der Waals surface area contributed by atoms with Crippen LogP contribution in [0.5, 0.6) is 0 Å². The van der Waals surface area contributed by atoms with E-state index in [1.807, 2.05) is 17.5 Å². The Labute approximate surface area is 145 Å². The third-order valence-electron chi connectivity index (χ3n) is 3.81. The highest BCUT2D eigenvalue weighted by atomic mass is 32.1. The van der Waals surface area contributed by atoms with Crippen LogP contribution >= 0.6 is 11.3 Å². The van der Waals surface area contributed by atoms with E-state index in [0.717, 1.165) is 18.8 Å². The molecule has 0 radical (unpaired) electrons. The van der Waals surface area contributed by atoms with Gasteiger partial charge in [-0.05, 0) is 36.7 Å². The van der Waals surface area contributed by atoms with E-state index in [9.17, 15) is 9.59 Å². The van der Waals surface area contributed by atoms with Gasteiger partial charge in [0.2, 0.25) is 5.91 Å². The van der Waals surface area contributed by atoms with Gasteiger partial charge in [0, 0.05) is 17.5 Å². The first-order chi connectivity index (χ1) is 11.7. The second kappa shape index (κ2) is 9.24. The normalized spacial score (nSPS) is 12.1. The summed E-state index contributed by atoms with van der Waals surface area (Å²) in [5.41, 5.74) is 0.574. The predicted octanol–water partition coefficient (Wildman–Crippen LogP) is 2.27. The molecule has 0 saturated heterocycles. The first-order valence-electron chi connectivity index (χ1n) is 8.00. The molecular weight excluding hydrogens is 326 g/mol. The molecule has 2 aromatic rings. The Morgan fingerprint density at radius 3 is 2.62 bits per heavy atom. The van der Waals surface area contributed by atoms with Crippen molar-refractivity contribution in [3.8, 4) is 0 Å². The van der Waals surface area contributed by atoms with Crippen LogP contribution in [0.15, 0.2) is 39.6 Å². The monoisotopic (exact) mass is 349 g/mol. The van der Waals surface area contributed by atoms with Gasteiger partial charge in [-0.15, -0.1) is 0 Å². The predicted molar refractivity (Wildman–Crippen MR) is 94.0 cm³/mol. The van der Waals surface area contributed by atoms with Crippen molar-refractivity contribution in [3.05, 3.63) is 46.5 Å². The number of rotatable bonds is 9. The maximum atomic E-state index is 12.0. The molecule has 0 bridgehead atoms. The molecule has 2 amide bonds. The Balaban J connectivity index is 1.84. The van der Waals surface area contributed by atoms with E-state index >= 15 is 0 Å². The fourth-order valence-corrected chi connectivity index (χ4v) is 3.12. The summed E-state index contributed by atoms with van der Waals surface area (Å²) in [6.07, 6.45) is 1.63. The highest BCUT2D eigenvalue weighted by Gasteiger charge is 2.21. The highest BCUT2D eigenvalue weighted by Crippen LogP contribution is 2.20. The van der Waals surface area contributed by atoms with Gasteiger partial charge < -0.3 is 15.1 Å². The molecule has 2 heterocycles. The highest BCUT2D eigenvalue weighted by molar-refractivity contribution is 7.08. The van der Waals surface area contributed by atoms with Gasteiger partial charge in [0.15, 0.2) is 0 Å². The number of hydrogen-bond acceptors (Lipinski definition) is 5. The molecule has 0 aliphatic carbocycles. The Morgan fingerprint density at radius 2 is 2.04 bits per heavy atom. The Kier molecular flexibility index (Phi) is 7.02. The summed E-state index contributed by atoms with van der Waals surface area (Å²) in [6, 6.07) is 5.46. The van der Waals surface area contributed by atoms with E-state index < -0.39 is 0 Å². The SMILES string of the molecule is CCN(CC)C(CNC(=O)CNC(=O)c1ccsc1)c1ccco1. The maximum Gasteiger partial charge on any atom is 0.252 e. The molecule has 1 atom stereocenters. The van der Waals surface area contributed by atoms with Crippen LogP contribution in [0.4, 0.5) is 0 Å². The van der Waals surface area contributed by atoms with Crippen LogP contribution in [0.25, 0.3) is 0 Å². The quantitative estimate of drug-likeness (QED) is 0.728. The fourth-order valence-electron chi connectivity index (χ4n) is 2.48. The maximum absolute atomic E-state index is 12.0. The summed E-state index contributed by atoms with van der Waals surface area (Å²) in [6.45, 7) is 6.24. The van der Waals surface area contributed by atoms with Gasteiger partial charge in [-0.2, -0.15) is 11.3 Å². The molecule has 0 spiro atoms. The lowest BCUT2D eigenvalue weighted by atomic mass is 10.2. The first kappa shape index (κ1) is 18.2. The van der Waals surface area contributed by atoms with Gasteiger partial charge in [0.25, 0.3) is 5.91 Å². The number of carbonyl (C=O) groups excluding carboxylic acids is 2. The standard InChI is InChI=1S/C17H23N3O3S/c1-3-20(4-2)14(15-6-5-8-23-15)10-18-16(21)11-19-17(22)13-7-9-24-12-13/h5-9,12,14H,3-4,10-11H2,1-2H3,(H,18,21)(H,19,22). The molecular formula is C17H23N3O3S. The van der Waals surface area contributed by atoms with Gasteiger partial charge >= 0.3 is 0 Å². The van der Waals surface area contributed by atoms with Gasteiger partial charge in [-0.1, -0.05) is 13.8 Å². The number of nitrogens with one attached hydrogen (secondary N) is 2. The zero-order valence-corrected chi connectivity index (χ0v) is 14.8. The topological polar surface area (TPSA) is 74.6 Å². The largest absolute Gasteiger partial charge is 0.468 e. The van der Waals surface area contributed by atoms with Gasteiger partial charge in [0.1, 0.15) is 5.76 Å². The summed E-state index contributed by atoms with van der Waals surface area (Å²) in [5, 5.41) is 9.06. The summed E-state index contributed by atoms with van der Waals surface area (Å²) in [4.78, 5) is 26.1. The van der Waals surface area contributed by atoms with Crippen molar-refractivity contribution in [1.29, 1.82) is 0 Å². The lowest BCUT2D eigenvalue weighted by Crippen LogP contribution is -2.42. The molecule has 0 aliphatic heterocycles. The first-order valence-corrected chi connectivity index (χ1v) is 8.94. The Hall–Kier alpha value is -2.12. The van der Waals surface area contributed by atoms with E-state index in [4.69, 9.17) is 4.42 Å². The third-order valence-corrected chi connectivity index (χ3v) is 4.49. The molecule has 6 nitrogen and oxygen atoms in total. The minimum Gasteiger partial charge on any atom is -0.468 e. The molecule has 0 saturated carbocycles. The van der Waals surface area contributed by atoms with Crippen LogP contribution in [0.3, 0.4) is 0 Å². The molecule has 0 aliphatic rings. The molecule has 2 N–H and O–H groups in total. The van der Waals surface area contributed by atoms with Gasteiger partial charge in [0.05, 0.1) is 18.8 Å². The molecule has 2 rings (SSSR count). The summed E-state index contributed by atoms with van der Waals surface area (Å²) >= 11 is 1.45. The molecule has 1 unspecified atom stereocenters. The number of nitrogens with zero attached hydrogens (tertiary/aromatic N) is 1. The minimum atomic E-state index is -0.238. The number of hydrogen-bond donors (Lipinski definition) is 2. The lowest BCUT2D eigenvalue weighted by molar-refractivity contribution is -0.120. The Morgan fingerprint density at radius 1 is 1.25 bits per heavy atom. The van der Waals surface area contributed by atoms with E-state index in [-0.39, 0.29) is 24.4 Å². The molecule has 0 fully saturated rings.